The predicted molar refractivity (Wildman–Crippen MR) is 127 cm³/mol. The molecule has 2 aliphatic rings. The molecule has 0 spiro atoms. The first kappa shape index (κ1) is 25.7. The summed E-state index contributed by atoms with van der Waals surface area (Å²) in [6.45, 7) is 13.9. The highest BCUT2D eigenvalue weighted by atomic mass is 35.5. The molecule has 0 radical (unpaired) electrons. The number of pyridine rings is 1. The highest BCUT2D eigenvalue weighted by Gasteiger charge is 2.34. The van der Waals surface area contributed by atoms with Crippen molar-refractivity contribution in [2.24, 2.45) is 0 Å². The van der Waals surface area contributed by atoms with Crippen LogP contribution in [0.3, 0.4) is 0 Å². The van der Waals surface area contributed by atoms with E-state index in [9.17, 15) is 10.1 Å². The van der Waals surface area contributed by atoms with Crippen molar-refractivity contribution < 1.29 is 9.53 Å². The van der Waals surface area contributed by atoms with Crippen LogP contribution >= 0.6 is 24.2 Å². The Morgan fingerprint density at radius 3 is 2.42 bits per heavy atom. The van der Waals surface area contributed by atoms with E-state index in [-0.39, 0.29) is 23.9 Å². The Balaban J connectivity index is 0.00000341. The number of piperazine rings is 1. The summed E-state index contributed by atoms with van der Waals surface area (Å²) >= 11 is 1.53. The fourth-order valence-corrected chi connectivity index (χ4v) is 4.79. The minimum Gasteiger partial charge on any atom is -0.370 e. The number of anilines is 1. The van der Waals surface area contributed by atoms with Crippen molar-refractivity contribution in [2.75, 3.05) is 57.0 Å². The summed E-state index contributed by atoms with van der Waals surface area (Å²) in [5.41, 5.74) is 2.55. The van der Waals surface area contributed by atoms with E-state index >= 15 is 0 Å². The van der Waals surface area contributed by atoms with Gasteiger partial charge < -0.3 is 14.5 Å². The van der Waals surface area contributed by atoms with Crippen LogP contribution in [-0.2, 0) is 22.6 Å². The van der Waals surface area contributed by atoms with Gasteiger partial charge in [-0.25, -0.2) is 4.98 Å². The van der Waals surface area contributed by atoms with Crippen molar-refractivity contribution in [1.82, 2.24) is 14.8 Å². The Bertz CT molecular complexity index is 830. The van der Waals surface area contributed by atoms with E-state index in [4.69, 9.17) is 9.72 Å². The number of ether oxygens (including phenoxy) is 1. The number of hydrogen-bond donors (Lipinski definition) is 0. The van der Waals surface area contributed by atoms with Gasteiger partial charge in [-0.15, -0.1) is 24.2 Å². The van der Waals surface area contributed by atoms with Gasteiger partial charge in [0.1, 0.15) is 16.9 Å². The van der Waals surface area contributed by atoms with Crippen molar-refractivity contribution in [1.29, 1.82) is 5.26 Å². The first-order valence-corrected chi connectivity index (χ1v) is 11.9. The standard InChI is InChI=1S/C22H33N5O2S.ClH/c1-6-26(7-2)19(28)14-25-8-10-27(11-9-25)20-18-15-29-22(3,4)12-16(18)17(13-23)21(24-20)30-5;/h6-12,14-15H2,1-5H3;1H. The maximum absolute atomic E-state index is 12.4. The van der Waals surface area contributed by atoms with Gasteiger partial charge in [0.15, 0.2) is 0 Å². The molecule has 1 aromatic heterocycles. The summed E-state index contributed by atoms with van der Waals surface area (Å²) in [6, 6.07) is 2.39. The number of fused-ring (bicyclic) bond motifs is 1. The lowest BCUT2D eigenvalue weighted by atomic mass is 9.89. The summed E-state index contributed by atoms with van der Waals surface area (Å²) in [7, 11) is 0. The van der Waals surface area contributed by atoms with E-state index in [0.29, 0.717) is 25.1 Å². The quantitative estimate of drug-likeness (QED) is 0.595. The van der Waals surface area contributed by atoms with Gasteiger partial charge in [0.25, 0.3) is 0 Å². The average Bonchev–Trinajstić information content (AvgIpc) is 2.73. The van der Waals surface area contributed by atoms with Crippen LogP contribution in [0.2, 0.25) is 0 Å². The van der Waals surface area contributed by atoms with E-state index < -0.39 is 0 Å². The summed E-state index contributed by atoms with van der Waals surface area (Å²) in [5.74, 6) is 1.14. The van der Waals surface area contributed by atoms with Crippen LogP contribution in [0.25, 0.3) is 0 Å². The van der Waals surface area contributed by atoms with Gasteiger partial charge in [-0.05, 0) is 39.5 Å². The van der Waals surface area contributed by atoms with E-state index in [1.165, 1.54) is 11.8 Å². The van der Waals surface area contributed by atoms with Crippen LogP contribution in [0.15, 0.2) is 5.03 Å². The highest BCUT2D eigenvalue weighted by molar-refractivity contribution is 7.98. The Morgan fingerprint density at radius 1 is 1.23 bits per heavy atom. The molecule has 0 aliphatic carbocycles. The summed E-state index contributed by atoms with van der Waals surface area (Å²) < 4.78 is 6.08. The molecular formula is C22H34ClN5O2S. The Kier molecular flexibility index (Phi) is 9.02. The lowest BCUT2D eigenvalue weighted by molar-refractivity contribution is -0.132. The van der Waals surface area contributed by atoms with Crippen LogP contribution in [-0.4, -0.2) is 78.4 Å². The molecule has 0 unspecified atom stereocenters. The fourth-order valence-electron chi connectivity index (χ4n) is 4.24. The third-order valence-electron chi connectivity index (χ3n) is 6.02. The Morgan fingerprint density at radius 2 is 1.87 bits per heavy atom. The number of carbonyl (C=O) groups excluding carboxylic acids is 1. The molecule has 9 heteroatoms. The summed E-state index contributed by atoms with van der Waals surface area (Å²) in [4.78, 5) is 23.7. The second-order valence-corrected chi connectivity index (χ2v) is 9.24. The lowest BCUT2D eigenvalue weighted by Crippen LogP contribution is -2.50. The van der Waals surface area contributed by atoms with Gasteiger partial charge in [0.05, 0.1) is 24.3 Å². The molecule has 0 atom stereocenters. The van der Waals surface area contributed by atoms with Crippen LogP contribution < -0.4 is 4.90 Å². The number of nitriles is 1. The van der Waals surface area contributed by atoms with Crippen LogP contribution in [0.4, 0.5) is 5.82 Å². The molecule has 172 valence electrons. The number of hydrogen-bond acceptors (Lipinski definition) is 7. The number of halogens is 1. The smallest absolute Gasteiger partial charge is 0.236 e. The summed E-state index contributed by atoms with van der Waals surface area (Å²) in [5, 5.41) is 10.6. The van der Waals surface area contributed by atoms with Crippen molar-refractivity contribution in [3.05, 3.63) is 16.7 Å². The number of likely N-dealkylation sites (N-methyl/N-ethyl adjacent to an activating group) is 1. The van der Waals surface area contributed by atoms with Crippen molar-refractivity contribution in [2.45, 2.75) is 51.3 Å². The molecule has 1 amide bonds. The lowest BCUT2D eigenvalue weighted by Gasteiger charge is -2.39. The number of amides is 1. The topological polar surface area (TPSA) is 72.7 Å². The molecule has 3 heterocycles. The summed E-state index contributed by atoms with van der Waals surface area (Å²) in [6.07, 6.45) is 2.69. The van der Waals surface area contributed by atoms with Crippen LogP contribution in [0, 0.1) is 11.3 Å². The average molecular weight is 468 g/mol. The maximum atomic E-state index is 12.4. The number of nitrogens with zero attached hydrogens (tertiary/aromatic N) is 5. The molecule has 0 saturated carbocycles. The zero-order chi connectivity index (χ0) is 21.9. The third kappa shape index (κ3) is 5.64. The number of thioether (sulfide) groups is 1. The monoisotopic (exact) mass is 467 g/mol. The second kappa shape index (κ2) is 10.9. The minimum absolute atomic E-state index is 0. The zero-order valence-electron chi connectivity index (χ0n) is 19.2. The molecule has 0 aromatic carbocycles. The van der Waals surface area contributed by atoms with Crippen LogP contribution in [0.5, 0.6) is 0 Å². The van der Waals surface area contributed by atoms with E-state index in [1.54, 1.807) is 0 Å². The van der Waals surface area contributed by atoms with Gasteiger partial charge in [-0.3, -0.25) is 9.69 Å². The van der Waals surface area contributed by atoms with Gasteiger partial charge in [0, 0.05) is 51.3 Å². The van der Waals surface area contributed by atoms with E-state index in [0.717, 1.165) is 61.2 Å². The maximum Gasteiger partial charge on any atom is 0.236 e. The molecule has 1 aromatic rings. The van der Waals surface area contributed by atoms with E-state index in [2.05, 4.69) is 29.7 Å². The second-order valence-electron chi connectivity index (χ2n) is 8.44. The first-order valence-electron chi connectivity index (χ1n) is 10.7. The molecule has 0 N–H and O–H groups in total. The molecule has 31 heavy (non-hydrogen) atoms. The van der Waals surface area contributed by atoms with Crippen molar-refractivity contribution in [3.63, 3.8) is 0 Å². The molecular weight excluding hydrogens is 434 g/mol. The van der Waals surface area contributed by atoms with E-state index in [1.807, 2.05) is 25.0 Å². The number of rotatable bonds is 6. The largest absolute Gasteiger partial charge is 0.370 e. The van der Waals surface area contributed by atoms with Gasteiger partial charge in [-0.1, -0.05) is 0 Å². The number of aromatic nitrogens is 1. The molecule has 7 nitrogen and oxygen atoms in total. The van der Waals surface area contributed by atoms with Crippen molar-refractivity contribution >= 4 is 35.9 Å². The predicted octanol–water partition coefficient (Wildman–Crippen LogP) is 2.94. The third-order valence-corrected chi connectivity index (χ3v) is 6.70. The Labute approximate surface area is 196 Å². The first-order chi connectivity index (χ1) is 14.3. The molecule has 3 rings (SSSR count). The molecule has 2 aliphatic heterocycles. The SMILES string of the molecule is CCN(CC)C(=O)CN1CCN(c2nc(SC)c(C#N)c3c2COC(C)(C)C3)CC1.Cl. The number of carbonyl (C=O) groups is 1. The van der Waals surface area contributed by atoms with Gasteiger partial charge in [0.2, 0.25) is 5.91 Å². The fraction of sp³-hybridized carbons (Fsp3) is 0.682. The highest BCUT2D eigenvalue weighted by Crippen LogP contribution is 2.38. The molecule has 0 bridgehead atoms. The Hall–Kier alpha value is -1.53. The molecule has 1 saturated heterocycles. The van der Waals surface area contributed by atoms with Crippen molar-refractivity contribution in [3.8, 4) is 6.07 Å². The normalized spacial score (nSPS) is 18.0. The van der Waals surface area contributed by atoms with Gasteiger partial charge in [-0.2, -0.15) is 5.26 Å². The van der Waals surface area contributed by atoms with Gasteiger partial charge >= 0.3 is 0 Å². The van der Waals surface area contributed by atoms with Crippen LogP contribution in [0.1, 0.15) is 44.4 Å². The minimum atomic E-state index is -0.281. The molecule has 1 fully saturated rings. The zero-order valence-corrected chi connectivity index (χ0v) is 20.9.